The molecule has 4 bridgehead atoms. The number of nitrogens with zero attached hydrogens (tertiary/aromatic N) is 1. The second-order valence-electron chi connectivity index (χ2n) is 58.3. The van der Waals surface area contributed by atoms with Crippen LogP contribution >= 0.6 is 11.6 Å². The third-order valence-electron chi connectivity index (χ3n) is 26.0. The van der Waals surface area contributed by atoms with Gasteiger partial charge in [-0.05, 0) is 353 Å². The maximum Gasteiger partial charge on any atom is 0.573 e. The highest BCUT2D eigenvalue weighted by Crippen LogP contribution is 2.63. The third kappa shape index (κ3) is 62.0. The van der Waals surface area contributed by atoms with Gasteiger partial charge >= 0.3 is 18.7 Å². The van der Waals surface area contributed by atoms with Crippen molar-refractivity contribution in [2.24, 2.45) is 94.6 Å². The number of hydrogen-bond acceptors (Lipinski definition) is 3. The Morgan fingerprint density at radius 3 is 1.09 bits per heavy atom. The first-order chi connectivity index (χ1) is 68.0. The molecule has 15 rings (SSSR count). The minimum absolute atomic E-state index is 0.00331. The number of rotatable bonds is 10. The molecule has 0 unspecified atom stereocenters. The zero-order valence-electron chi connectivity index (χ0n) is 101. The molecule has 9 aromatic rings. The van der Waals surface area contributed by atoms with E-state index in [2.05, 4.69) is 316 Å². The summed E-state index contributed by atoms with van der Waals surface area (Å²) in [5.74, 6) is 5.91. The van der Waals surface area contributed by atoms with E-state index in [4.69, 9.17) is 16.3 Å². The number of aromatic nitrogens is 1. The lowest BCUT2D eigenvalue weighted by Crippen LogP contribution is -2.47. The fourth-order valence-corrected chi connectivity index (χ4v) is 20.9. The van der Waals surface area contributed by atoms with Gasteiger partial charge in [0.25, 0.3) is 0 Å². The lowest BCUT2D eigenvalue weighted by atomic mass is 9.47. The lowest BCUT2D eigenvalue weighted by Gasteiger charge is -2.58. The van der Waals surface area contributed by atoms with Crippen molar-refractivity contribution in [1.29, 1.82) is 0 Å². The molecule has 0 saturated heterocycles. The Bertz CT molecular complexity index is 5190. The van der Waals surface area contributed by atoms with Crippen molar-refractivity contribution in [3.8, 4) is 11.5 Å². The molecule has 842 valence electrons. The van der Waals surface area contributed by atoms with Crippen molar-refractivity contribution in [3.63, 3.8) is 0 Å². The van der Waals surface area contributed by atoms with Crippen molar-refractivity contribution >= 4 is 11.6 Å². The summed E-state index contributed by atoms with van der Waals surface area (Å²) < 4.78 is 133. The van der Waals surface area contributed by atoms with Crippen LogP contribution < -0.4 is 9.47 Å². The number of ether oxygens (including phenoxy) is 2. The first kappa shape index (κ1) is 136. The monoisotopic (exact) mass is 2110 g/mol. The highest BCUT2D eigenvalue weighted by Gasteiger charge is 2.52. The normalized spacial score (nSPS) is 17.0. The Hall–Kier alpha value is -7.90. The SMILES string of the molecule is CC(C)(C)C.CC(C)(C)C1CCCCC1.CC(C)(C)C1Cc2ccccc2C1.CC(C)(C)CC12CC3CC(CC(C3)C1)C2.CC(C)(C)Cc1ccc(OC(F)(F)F)cc1.CC(C)(C)Cc1ccccc1.CC(C)(C)Cc1ccccc1C(F)(F)F.CC(C)(C)Cc1ccccc1Cl.COc1ccccc1CC(C)(C)C.Cc1cc(CC(C)(C)C)cc(C(F)(F)F)c1.Cc1cc(F)cc(CC(C)(C)C)c1.Cc1ccc(C(C)(C)C)nc1. The minimum atomic E-state index is -4.62. The van der Waals surface area contributed by atoms with Crippen LogP contribution in [0.4, 0.5) is 43.9 Å². The van der Waals surface area contributed by atoms with Gasteiger partial charge in [-0.15, -0.1) is 13.2 Å². The maximum absolute atomic E-state index is 13.0. The topological polar surface area (TPSA) is 31.4 Å². The number of fused-ring (bicyclic) bond motifs is 1. The average Bonchev–Trinajstić information content (AvgIpc) is 0.800. The van der Waals surface area contributed by atoms with E-state index < -0.39 is 29.8 Å². The number of halogens is 11. The number of benzene rings is 8. The molecule has 6 aliphatic carbocycles. The summed E-state index contributed by atoms with van der Waals surface area (Å²) in [4.78, 5) is 4.35. The molecule has 8 aromatic carbocycles. The zero-order valence-corrected chi connectivity index (χ0v) is 102. The van der Waals surface area contributed by atoms with Gasteiger partial charge in [-0.25, -0.2) is 4.39 Å². The quantitative estimate of drug-likeness (QED) is 0.128. The number of hydrogen-bond donors (Lipinski definition) is 0. The summed E-state index contributed by atoms with van der Waals surface area (Å²) in [6.07, 6.45) is 15.8. The van der Waals surface area contributed by atoms with E-state index in [0.29, 0.717) is 61.9 Å². The van der Waals surface area contributed by atoms with Crippen LogP contribution in [0, 0.1) is 121 Å². The van der Waals surface area contributed by atoms with Crippen LogP contribution in [0.25, 0.3) is 0 Å². The summed E-state index contributed by atoms with van der Waals surface area (Å²) in [5.41, 5.74) is 17.6. The summed E-state index contributed by atoms with van der Waals surface area (Å²) >= 11 is 6.03. The van der Waals surface area contributed by atoms with Gasteiger partial charge in [0, 0.05) is 22.3 Å². The van der Waals surface area contributed by atoms with Crippen molar-refractivity contribution < 1.29 is 53.4 Å². The van der Waals surface area contributed by atoms with Crippen LogP contribution in [0.5, 0.6) is 11.5 Å². The Morgan fingerprint density at radius 1 is 0.347 bits per heavy atom. The molecule has 0 aliphatic heterocycles. The fourth-order valence-electron chi connectivity index (χ4n) is 20.7. The molecular weight excluding hydrogens is 1900 g/mol. The van der Waals surface area contributed by atoms with Crippen LogP contribution in [0.1, 0.15) is 417 Å². The van der Waals surface area contributed by atoms with E-state index in [-0.39, 0.29) is 38.6 Å². The van der Waals surface area contributed by atoms with Crippen LogP contribution in [-0.4, -0.2) is 18.5 Å². The molecule has 150 heavy (non-hydrogen) atoms. The molecule has 6 aliphatic rings. The summed E-state index contributed by atoms with van der Waals surface area (Å²) in [6.45, 7) is 87.1. The molecule has 0 radical (unpaired) electrons. The Kier molecular flexibility index (Phi) is 52.9. The molecule has 0 N–H and O–H groups in total. The first-order valence-corrected chi connectivity index (χ1v) is 55.7. The minimum Gasteiger partial charge on any atom is -0.496 e. The third-order valence-corrected chi connectivity index (χ3v) is 26.4. The Labute approximate surface area is 914 Å². The van der Waals surface area contributed by atoms with Gasteiger partial charge in [0.2, 0.25) is 0 Å². The molecule has 3 nitrogen and oxygen atoms in total. The molecule has 1 aromatic heterocycles. The zero-order chi connectivity index (χ0) is 115. The summed E-state index contributed by atoms with van der Waals surface area (Å²) in [7, 11) is 1.72. The van der Waals surface area contributed by atoms with E-state index in [1.54, 1.807) is 100 Å². The molecule has 5 saturated carbocycles. The van der Waals surface area contributed by atoms with Crippen molar-refractivity contribution in [2.75, 3.05) is 7.11 Å². The number of para-hydroxylation sites is 1. The van der Waals surface area contributed by atoms with Crippen molar-refractivity contribution in [1.82, 2.24) is 4.98 Å². The molecule has 0 spiro atoms. The summed E-state index contributed by atoms with van der Waals surface area (Å²) in [5, 5.41) is 0.882. The van der Waals surface area contributed by atoms with E-state index in [0.717, 1.165) is 112 Å². The summed E-state index contributed by atoms with van der Waals surface area (Å²) in [6, 6.07) is 61.2. The molecular formula is C136H204ClF10NO2. The second kappa shape index (κ2) is 58.2. The van der Waals surface area contributed by atoms with Gasteiger partial charge < -0.3 is 9.47 Å². The van der Waals surface area contributed by atoms with Gasteiger partial charge in [-0.2, -0.15) is 26.3 Å². The highest BCUT2D eigenvalue weighted by atomic mass is 35.5. The fraction of sp³-hybridized carbons (Fsp3) is 0.610. The van der Waals surface area contributed by atoms with Gasteiger partial charge in [-0.3, -0.25) is 4.98 Å². The van der Waals surface area contributed by atoms with E-state index >= 15 is 0 Å². The first-order valence-electron chi connectivity index (χ1n) is 55.3. The molecule has 14 heteroatoms. The van der Waals surface area contributed by atoms with E-state index in [1.807, 2.05) is 97.1 Å². The van der Waals surface area contributed by atoms with Crippen LogP contribution in [0.2, 0.25) is 5.02 Å². The average molecular weight is 2110 g/mol. The van der Waals surface area contributed by atoms with E-state index in [9.17, 15) is 43.9 Å². The van der Waals surface area contributed by atoms with Gasteiger partial charge in [0.15, 0.2) is 0 Å². The standard InChI is InChI=1S/C15H26.C13H17F3.C13H18.C12H15F3O.C12H15F3.C12H17F.C12H18O.C11H15Cl.C11H16.C10H15N.C10H20.C5H12/c1-14(2,3)10-15-7-11-4-12(8-15)6-13(5-11)9-15;1-9-5-10(8-12(2,3)4)7-11(6-9)13(14,15)16;1-13(2,3)12-8-10-6-4-5-7-11(10)9-12;1-11(2,3)8-9-4-6-10(7-5-9)16-12(13,14)15;1-11(2,3)8-9-6-4-5-7-10(9)12(13,14)15;1-9-5-10(7-11(13)6-9)8-12(2,3)4;1-12(2,3)9-10-7-5-6-8-11(10)13-4;1-11(2,3)8-9-6-4-5-7-10(9)12;1-11(2,3)9-10-7-5-4-6-8-10;1-8-5-6-9(11-7-8)10(2,3)4;1-10(2,3)9-7-5-4-6-8-9;1-5(2,3)4/h11-13H,4-10H2,1-3H3;5-7H,8H2,1-4H3;4-7,12H,8-9H2,1-3H3;4-7H,8H2,1-3H3;4-7H,8H2,1-3H3;5-7H,8H2,1-4H3;5-8H,9H2,1-4H3;4-7H,8H2,1-3H3;4-8H,9H2,1-3H3;5-7H,1-4H3;9H,4-8H2,1-3H3;1-4H3. The number of alkyl halides is 9. The molecule has 1 heterocycles. The van der Waals surface area contributed by atoms with Gasteiger partial charge in [0.1, 0.15) is 17.3 Å². The smallest absolute Gasteiger partial charge is 0.496 e. The van der Waals surface area contributed by atoms with Crippen LogP contribution in [0.3, 0.4) is 0 Å². The predicted octanol–water partition coefficient (Wildman–Crippen LogP) is 43.7. The predicted molar refractivity (Wildman–Crippen MR) is 625 cm³/mol. The number of aryl methyl sites for hydroxylation is 3. The van der Waals surface area contributed by atoms with Gasteiger partial charge in [0.05, 0.1) is 18.2 Å². The number of methoxy groups -OCH3 is 1. The van der Waals surface area contributed by atoms with Crippen LogP contribution in [0.15, 0.2) is 206 Å². The lowest BCUT2D eigenvalue weighted by molar-refractivity contribution is -0.274. The van der Waals surface area contributed by atoms with E-state index in [1.165, 1.54) is 104 Å². The van der Waals surface area contributed by atoms with Crippen LogP contribution in [-0.2, 0) is 75.6 Å². The molecule has 0 atom stereocenters. The molecule has 5 fully saturated rings. The molecule has 0 amide bonds. The Morgan fingerprint density at radius 2 is 0.720 bits per heavy atom. The number of pyridine rings is 1. The Balaban J connectivity index is 0.000000423. The van der Waals surface area contributed by atoms with Crippen molar-refractivity contribution in [2.45, 2.75) is 436 Å². The highest BCUT2D eigenvalue weighted by molar-refractivity contribution is 6.31. The second-order valence-corrected chi connectivity index (χ2v) is 58.7. The van der Waals surface area contributed by atoms with Crippen molar-refractivity contribution in [3.05, 3.63) is 301 Å². The largest absolute Gasteiger partial charge is 0.573 e. The van der Waals surface area contributed by atoms with Gasteiger partial charge in [-0.1, -0.05) is 432 Å². The maximum atomic E-state index is 13.0.